The maximum Gasteiger partial charge on any atom is 0.254 e. The van der Waals surface area contributed by atoms with Crippen LogP contribution >= 0.6 is 0 Å². The molecule has 310 valence electrons. The van der Waals surface area contributed by atoms with Crippen LogP contribution in [0.5, 0.6) is 0 Å². The van der Waals surface area contributed by atoms with Gasteiger partial charge >= 0.3 is 0 Å². The van der Waals surface area contributed by atoms with E-state index < -0.39 is 5.91 Å². The van der Waals surface area contributed by atoms with Gasteiger partial charge < -0.3 is 25.6 Å². The van der Waals surface area contributed by atoms with Crippen LogP contribution in [0, 0.1) is 5.82 Å². The van der Waals surface area contributed by atoms with Crippen molar-refractivity contribution in [1.82, 2.24) is 24.6 Å². The second-order valence-corrected chi connectivity index (χ2v) is 15.7. The largest absolute Gasteiger partial charge is 0.381 e. The molecule has 0 spiro atoms. The molecule has 11 nitrogen and oxygen atoms in total. The number of rotatable bonds is 14. The van der Waals surface area contributed by atoms with Crippen molar-refractivity contribution >= 4 is 34.2 Å². The van der Waals surface area contributed by atoms with Gasteiger partial charge in [0.25, 0.3) is 5.91 Å². The number of ether oxygens (including phenoxy) is 1. The van der Waals surface area contributed by atoms with E-state index in [1.807, 2.05) is 42.1 Å². The third kappa shape index (κ3) is 9.05. The maximum absolute atomic E-state index is 15.9. The number of aromatic nitrogens is 3. The lowest BCUT2D eigenvalue weighted by atomic mass is 9.99. The number of para-hydroxylation sites is 1. The normalized spacial score (nSPS) is 15.0. The van der Waals surface area contributed by atoms with E-state index in [2.05, 4.69) is 63.5 Å². The molecular weight excluding hydrogens is 756 g/mol. The first kappa shape index (κ1) is 40.7. The smallest absolute Gasteiger partial charge is 0.254 e. The summed E-state index contributed by atoms with van der Waals surface area (Å²) in [5.41, 5.74) is 14.0. The Labute approximate surface area is 350 Å². The first-order valence-corrected chi connectivity index (χ1v) is 21.1. The summed E-state index contributed by atoms with van der Waals surface area (Å²) in [6, 6.07) is 30.3. The van der Waals surface area contributed by atoms with E-state index in [-0.39, 0.29) is 36.4 Å². The summed E-state index contributed by atoms with van der Waals surface area (Å²) in [4.78, 5) is 38.7. The van der Waals surface area contributed by atoms with Crippen molar-refractivity contribution in [2.24, 2.45) is 5.73 Å². The van der Waals surface area contributed by atoms with Crippen LogP contribution in [0.1, 0.15) is 69.8 Å². The number of fused-ring (bicyclic) bond motifs is 1. The molecule has 0 unspecified atom stereocenters. The van der Waals surface area contributed by atoms with E-state index in [9.17, 15) is 9.59 Å². The van der Waals surface area contributed by atoms with Gasteiger partial charge in [0, 0.05) is 98.7 Å². The molecule has 0 saturated carbocycles. The molecule has 0 radical (unpaired) electrons. The number of nitrogens with one attached hydrogen (secondary N) is 1. The molecule has 3 N–H and O–H groups in total. The minimum atomic E-state index is -0.616. The molecule has 4 aromatic carbocycles. The average molecular weight is 809 g/mol. The van der Waals surface area contributed by atoms with Crippen LogP contribution in [0.15, 0.2) is 103 Å². The number of pyridine rings is 1. The molecule has 6 aromatic rings. The Bertz CT molecular complexity index is 2460. The minimum absolute atomic E-state index is 0.170. The molecule has 0 aliphatic carbocycles. The fourth-order valence-electron chi connectivity index (χ4n) is 8.47. The van der Waals surface area contributed by atoms with Gasteiger partial charge in [0.2, 0.25) is 5.91 Å². The Kier molecular flexibility index (Phi) is 12.5. The Balaban J connectivity index is 1.11. The van der Waals surface area contributed by atoms with Crippen LogP contribution in [0.2, 0.25) is 0 Å². The number of hydrogen-bond acceptors (Lipinski definition) is 8. The van der Waals surface area contributed by atoms with Gasteiger partial charge in [0.15, 0.2) is 5.65 Å². The van der Waals surface area contributed by atoms with E-state index >= 15 is 4.39 Å². The number of piperazine rings is 1. The molecular formula is C48H53FN8O3. The van der Waals surface area contributed by atoms with E-state index in [4.69, 9.17) is 15.5 Å². The minimum Gasteiger partial charge on any atom is -0.381 e. The summed E-state index contributed by atoms with van der Waals surface area (Å²) in [7, 11) is 0. The molecule has 8 rings (SSSR count). The number of hydrogen-bond donors (Lipinski definition) is 2. The molecule has 0 atom stereocenters. The van der Waals surface area contributed by atoms with Gasteiger partial charge in [0.05, 0.1) is 23.8 Å². The lowest BCUT2D eigenvalue weighted by Crippen LogP contribution is -2.45. The van der Waals surface area contributed by atoms with Gasteiger partial charge in [-0.25, -0.2) is 14.1 Å². The standard InChI is InChI=1S/C48H53FN8O3/c1-3-44-42(45(52-38-18-24-60-25-19-38)41-29-51-57(4-2)47(41)53-44)32-56(48(59)37-13-9-12-36(28-37)46(50)58)31-34-16-17-43(49)40(27-34)35-11-8-10-33(26-35)30-54-20-22-55(23-21-54)39-14-6-5-7-15-39/h5-17,26-29,38H,3-4,18-25,30-32H2,1-2H3,(H2,50,58)(H,52,53). The third-order valence-electron chi connectivity index (χ3n) is 11.7. The molecule has 2 fully saturated rings. The van der Waals surface area contributed by atoms with Gasteiger partial charge in [-0.1, -0.05) is 55.5 Å². The van der Waals surface area contributed by atoms with Crippen molar-refractivity contribution in [1.29, 1.82) is 0 Å². The predicted octanol–water partition coefficient (Wildman–Crippen LogP) is 7.67. The SMILES string of the molecule is CCc1nc2c(cnn2CC)c(NC2CCOCC2)c1CN(Cc1ccc(F)c(-c2cccc(CN3CCN(c4ccccc4)CC3)c2)c1)C(=O)c1cccc(C(N)=O)c1. The Morgan fingerprint density at radius 3 is 2.38 bits per heavy atom. The van der Waals surface area contributed by atoms with Crippen molar-refractivity contribution in [3.05, 3.63) is 143 Å². The van der Waals surface area contributed by atoms with E-state index in [0.29, 0.717) is 37.3 Å². The van der Waals surface area contributed by atoms with Crippen LogP contribution in [0.3, 0.4) is 0 Å². The number of nitrogens with two attached hydrogens (primary N) is 1. The average Bonchev–Trinajstić information content (AvgIpc) is 3.71. The summed E-state index contributed by atoms with van der Waals surface area (Å²) in [5.74, 6) is -1.24. The number of halogens is 1. The van der Waals surface area contributed by atoms with Gasteiger partial charge in [-0.05, 0) is 91.4 Å². The predicted molar refractivity (Wildman–Crippen MR) is 234 cm³/mol. The highest BCUT2D eigenvalue weighted by Gasteiger charge is 2.26. The topological polar surface area (TPSA) is 122 Å². The summed E-state index contributed by atoms with van der Waals surface area (Å²) in [6.45, 7) is 11.0. The van der Waals surface area contributed by atoms with E-state index in [1.165, 1.54) is 17.8 Å². The Morgan fingerprint density at radius 1 is 0.867 bits per heavy atom. The number of anilines is 2. The van der Waals surface area contributed by atoms with Crippen LogP contribution < -0.4 is 16.0 Å². The second-order valence-electron chi connectivity index (χ2n) is 15.7. The van der Waals surface area contributed by atoms with E-state index in [1.54, 1.807) is 29.2 Å². The highest BCUT2D eigenvalue weighted by molar-refractivity contribution is 5.99. The first-order chi connectivity index (χ1) is 29.3. The number of benzene rings is 4. The van der Waals surface area contributed by atoms with Crippen LogP contribution in [0.25, 0.3) is 22.2 Å². The summed E-state index contributed by atoms with van der Waals surface area (Å²) in [6.07, 6.45) is 4.17. The van der Waals surface area contributed by atoms with Crippen LogP contribution in [0.4, 0.5) is 15.8 Å². The lowest BCUT2D eigenvalue weighted by molar-refractivity contribution is 0.0729. The number of primary amides is 1. The number of carbonyl (C=O) groups is 2. The third-order valence-corrected chi connectivity index (χ3v) is 11.7. The van der Waals surface area contributed by atoms with E-state index in [0.717, 1.165) is 90.2 Å². The molecule has 2 amide bonds. The van der Waals surface area contributed by atoms with Gasteiger partial charge in [-0.2, -0.15) is 5.10 Å². The fraction of sp³-hybridized carbons (Fsp3) is 0.333. The van der Waals surface area contributed by atoms with Crippen LogP contribution in [-0.2, 0) is 37.3 Å². The number of nitrogens with zero attached hydrogens (tertiary/aromatic N) is 6. The lowest BCUT2D eigenvalue weighted by Gasteiger charge is -2.36. The van der Waals surface area contributed by atoms with Crippen molar-refractivity contribution in [3.63, 3.8) is 0 Å². The van der Waals surface area contributed by atoms with Gasteiger partial charge in [-0.3, -0.25) is 14.5 Å². The highest BCUT2D eigenvalue weighted by Crippen LogP contribution is 2.34. The molecule has 2 aromatic heterocycles. The Hall–Kier alpha value is -6.11. The number of amides is 2. The molecule has 12 heteroatoms. The molecule has 2 aliphatic rings. The fourth-order valence-corrected chi connectivity index (χ4v) is 8.47. The first-order valence-electron chi connectivity index (χ1n) is 21.1. The zero-order chi connectivity index (χ0) is 41.6. The van der Waals surface area contributed by atoms with Gasteiger partial charge in [-0.15, -0.1) is 0 Å². The van der Waals surface area contributed by atoms with Gasteiger partial charge in [0.1, 0.15) is 5.82 Å². The quantitative estimate of drug-likeness (QED) is 0.115. The maximum atomic E-state index is 15.9. The van der Waals surface area contributed by atoms with Crippen molar-refractivity contribution in [2.75, 3.05) is 49.6 Å². The van der Waals surface area contributed by atoms with Crippen LogP contribution in [-0.4, -0.2) is 81.8 Å². The Morgan fingerprint density at radius 2 is 1.63 bits per heavy atom. The zero-order valence-electron chi connectivity index (χ0n) is 34.4. The number of aryl methyl sites for hydroxylation is 2. The monoisotopic (exact) mass is 808 g/mol. The molecule has 2 aliphatic heterocycles. The highest BCUT2D eigenvalue weighted by atomic mass is 19.1. The zero-order valence-corrected chi connectivity index (χ0v) is 34.4. The van der Waals surface area contributed by atoms with Crippen molar-refractivity contribution in [2.45, 2.75) is 65.3 Å². The molecule has 0 bridgehead atoms. The molecule has 4 heterocycles. The summed E-state index contributed by atoms with van der Waals surface area (Å²) < 4.78 is 23.4. The molecule has 2 saturated heterocycles. The summed E-state index contributed by atoms with van der Waals surface area (Å²) in [5, 5.41) is 9.39. The number of carbonyl (C=O) groups excluding carboxylic acids is 2. The molecule has 60 heavy (non-hydrogen) atoms. The van der Waals surface area contributed by atoms with Crippen molar-refractivity contribution < 1.29 is 18.7 Å². The second kappa shape index (κ2) is 18.4. The van der Waals surface area contributed by atoms with Crippen molar-refractivity contribution in [3.8, 4) is 11.1 Å². The summed E-state index contributed by atoms with van der Waals surface area (Å²) >= 11 is 0.